The van der Waals surface area contributed by atoms with Crippen molar-refractivity contribution in [3.8, 4) is 0 Å². The lowest BCUT2D eigenvalue weighted by atomic mass is 9.93. The van der Waals surface area contributed by atoms with Gasteiger partial charge in [-0.25, -0.2) is 0 Å². The van der Waals surface area contributed by atoms with Crippen LogP contribution in [0.15, 0.2) is 12.6 Å². The maximum absolute atomic E-state index is 12.7. The second kappa shape index (κ2) is 4.85. The number of benzene rings is 1. The first kappa shape index (κ1) is 17.2. The van der Waals surface area contributed by atoms with E-state index in [4.69, 9.17) is 5.73 Å². The molecular formula is C11H6F9N. The summed E-state index contributed by atoms with van der Waals surface area (Å²) in [6, 6.07) is -0.111. The molecule has 0 saturated heterocycles. The highest BCUT2D eigenvalue weighted by molar-refractivity contribution is 5.71. The molecule has 1 rings (SSSR count). The third-order valence-electron chi connectivity index (χ3n) is 2.49. The molecule has 0 spiro atoms. The normalized spacial score (nSPS) is 13.4. The van der Waals surface area contributed by atoms with Crippen LogP contribution in [0.1, 0.15) is 22.3 Å². The Balaban J connectivity index is 4.04. The first-order valence-corrected chi connectivity index (χ1v) is 5.01. The van der Waals surface area contributed by atoms with Gasteiger partial charge in [0.15, 0.2) is 0 Å². The minimum Gasteiger partial charge on any atom is -0.398 e. The van der Waals surface area contributed by atoms with Crippen LogP contribution in [0.25, 0.3) is 6.08 Å². The molecule has 0 aliphatic carbocycles. The molecule has 1 nitrogen and oxygen atoms in total. The van der Waals surface area contributed by atoms with Crippen molar-refractivity contribution < 1.29 is 39.5 Å². The van der Waals surface area contributed by atoms with Gasteiger partial charge >= 0.3 is 18.5 Å². The lowest BCUT2D eigenvalue weighted by Crippen LogP contribution is -2.25. The van der Waals surface area contributed by atoms with Gasteiger partial charge in [0.1, 0.15) is 0 Å². The number of anilines is 1. The molecule has 118 valence electrons. The summed E-state index contributed by atoms with van der Waals surface area (Å²) >= 11 is 0. The highest BCUT2D eigenvalue weighted by atomic mass is 19.4. The molecule has 0 atom stereocenters. The molecule has 10 heteroatoms. The summed E-state index contributed by atoms with van der Waals surface area (Å²) in [6.45, 7) is 2.93. The molecule has 0 unspecified atom stereocenters. The van der Waals surface area contributed by atoms with Crippen LogP contribution >= 0.6 is 0 Å². The summed E-state index contributed by atoms with van der Waals surface area (Å²) in [4.78, 5) is 0. The van der Waals surface area contributed by atoms with Crippen LogP contribution in [0, 0.1) is 0 Å². The van der Waals surface area contributed by atoms with E-state index < -0.39 is 46.5 Å². The topological polar surface area (TPSA) is 26.0 Å². The van der Waals surface area contributed by atoms with Crippen molar-refractivity contribution in [1.82, 2.24) is 0 Å². The predicted octanol–water partition coefficient (Wildman–Crippen LogP) is 4.97. The van der Waals surface area contributed by atoms with Crippen LogP contribution in [0.4, 0.5) is 45.2 Å². The van der Waals surface area contributed by atoms with Crippen molar-refractivity contribution in [2.45, 2.75) is 18.5 Å². The van der Waals surface area contributed by atoms with Crippen LogP contribution in [0.3, 0.4) is 0 Å². The van der Waals surface area contributed by atoms with E-state index in [-0.39, 0.29) is 6.07 Å². The summed E-state index contributed by atoms with van der Waals surface area (Å²) in [7, 11) is 0. The minimum atomic E-state index is -5.89. The summed E-state index contributed by atoms with van der Waals surface area (Å²) in [5.74, 6) is 0. The summed E-state index contributed by atoms with van der Waals surface area (Å²) < 4.78 is 114. The SMILES string of the molecule is C=Cc1cc(C(F)(F)F)c(C(F)(F)F)c(C(F)(F)F)c1N. The molecule has 1 aromatic rings. The van der Waals surface area contributed by atoms with E-state index in [2.05, 4.69) is 6.58 Å². The fourth-order valence-electron chi connectivity index (χ4n) is 1.70. The van der Waals surface area contributed by atoms with Gasteiger partial charge in [-0.3, -0.25) is 0 Å². The Morgan fingerprint density at radius 1 is 0.810 bits per heavy atom. The molecule has 0 heterocycles. The number of alkyl halides is 9. The van der Waals surface area contributed by atoms with Crippen LogP contribution < -0.4 is 5.73 Å². The molecule has 1 aromatic carbocycles. The quantitative estimate of drug-likeness (QED) is 0.573. The van der Waals surface area contributed by atoms with Crippen LogP contribution in [-0.4, -0.2) is 0 Å². The second-order valence-corrected chi connectivity index (χ2v) is 3.87. The van der Waals surface area contributed by atoms with E-state index >= 15 is 0 Å². The summed E-state index contributed by atoms with van der Waals surface area (Å²) in [6.07, 6.45) is -16.7. The highest BCUT2D eigenvalue weighted by Gasteiger charge is 2.51. The highest BCUT2D eigenvalue weighted by Crippen LogP contribution is 2.49. The van der Waals surface area contributed by atoms with Crippen molar-refractivity contribution in [3.63, 3.8) is 0 Å². The van der Waals surface area contributed by atoms with Crippen molar-refractivity contribution in [3.05, 3.63) is 34.9 Å². The van der Waals surface area contributed by atoms with Crippen molar-refractivity contribution in [1.29, 1.82) is 0 Å². The van der Waals surface area contributed by atoms with Gasteiger partial charge in [-0.15, -0.1) is 0 Å². The van der Waals surface area contributed by atoms with E-state index in [0.29, 0.717) is 6.08 Å². The monoisotopic (exact) mass is 323 g/mol. The zero-order valence-corrected chi connectivity index (χ0v) is 9.84. The van der Waals surface area contributed by atoms with Crippen molar-refractivity contribution >= 4 is 11.8 Å². The number of nitrogens with two attached hydrogens (primary N) is 1. The van der Waals surface area contributed by atoms with E-state index in [0.717, 1.165) is 0 Å². The molecule has 0 aromatic heterocycles. The van der Waals surface area contributed by atoms with E-state index in [1.54, 1.807) is 0 Å². The van der Waals surface area contributed by atoms with Gasteiger partial charge in [-0.05, 0) is 11.6 Å². The lowest BCUT2D eigenvalue weighted by Gasteiger charge is -2.23. The third kappa shape index (κ3) is 3.24. The second-order valence-electron chi connectivity index (χ2n) is 3.87. The van der Waals surface area contributed by atoms with Gasteiger partial charge in [0.05, 0.1) is 22.4 Å². The van der Waals surface area contributed by atoms with Crippen LogP contribution in [0.2, 0.25) is 0 Å². The average molecular weight is 323 g/mol. The number of nitrogen functional groups attached to an aromatic ring is 1. The fourth-order valence-corrected chi connectivity index (χ4v) is 1.70. The maximum Gasteiger partial charge on any atom is 0.419 e. The Morgan fingerprint density at radius 2 is 1.24 bits per heavy atom. The number of hydrogen-bond acceptors (Lipinski definition) is 1. The molecule has 0 fully saturated rings. The molecule has 0 radical (unpaired) electrons. The van der Waals surface area contributed by atoms with Crippen molar-refractivity contribution in [2.75, 3.05) is 5.73 Å². The molecule has 21 heavy (non-hydrogen) atoms. The Kier molecular flexibility index (Phi) is 3.97. The number of hydrogen-bond donors (Lipinski definition) is 1. The first-order chi connectivity index (χ1) is 9.21. The Labute approximate surface area is 111 Å². The van der Waals surface area contributed by atoms with Crippen molar-refractivity contribution in [2.24, 2.45) is 0 Å². The molecule has 0 saturated carbocycles. The molecule has 2 N–H and O–H groups in total. The predicted molar refractivity (Wildman–Crippen MR) is 56.0 cm³/mol. The minimum absolute atomic E-state index is 0.111. The van der Waals surface area contributed by atoms with Crippen LogP contribution in [0.5, 0.6) is 0 Å². The molecule has 0 aliphatic rings. The summed E-state index contributed by atoms with van der Waals surface area (Å²) in [5.41, 5.74) is -5.31. The van der Waals surface area contributed by atoms with E-state index in [9.17, 15) is 39.5 Å². The van der Waals surface area contributed by atoms with Gasteiger partial charge in [-0.1, -0.05) is 12.7 Å². The lowest BCUT2D eigenvalue weighted by molar-refractivity contribution is -0.174. The van der Waals surface area contributed by atoms with E-state index in [1.807, 2.05) is 0 Å². The van der Waals surface area contributed by atoms with E-state index in [1.165, 1.54) is 0 Å². The fraction of sp³-hybridized carbons (Fsp3) is 0.273. The molecular weight excluding hydrogens is 317 g/mol. The third-order valence-corrected chi connectivity index (χ3v) is 2.49. The van der Waals surface area contributed by atoms with Gasteiger partial charge < -0.3 is 5.73 Å². The Bertz CT molecular complexity index is 563. The van der Waals surface area contributed by atoms with Gasteiger partial charge in [-0.2, -0.15) is 39.5 Å². The van der Waals surface area contributed by atoms with Gasteiger partial charge in [0, 0.05) is 0 Å². The molecule has 0 aliphatic heterocycles. The van der Waals surface area contributed by atoms with Gasteiger partial charge in [0.25, 0.3) is 0 Å². The average Bonchev–Trinajstić information content (AvgIpc) is 2.23. The maximum atomic E-state index is 12.7. The Hall–Kier alpha value is -1.87. The smallest absolute Gasteiger partial charge is 0.398 e. The molecule has 0 amide bonds. The zero-order chi connectivity index (χ0) is 16.8. The van der Waals surface area contributed by atoms with Crippen LogP contribution in [-0.2, 0) is 18.5 Å². The zero-order valence-electron chi connectivity index (χ0n) is 9.84. The molecule has 0 bridgehead atoms. The standard InChI is InChI=1S/C11H6F9N/c1-2-4-3-5(9(12,13)14)6(10(15,16)17)7(8(4)21)11(18,19)20/h2-3H,1,21H2. The number of rotatable bonds is 1. The number of halogens is 9. The first-order valence-electron chi connectivity index (χ1n) is 5.01. The van der Waals surface area contributed by atoms with Gasteiger partial charge in [0.2, 0.25) is 0 Å². The summed E-state index contributed by atoms with van der Waals surface area (Å²) in [5, 5.41) is 0. The Morgan fingerprint density at radius 3 is 1.52 bits per heavy atom. The largest absolute Gasteiger partial charge is 0.419 e.